The molecule has 0 fully saturated rings. The fourth-order valence-corrected chi connectivity index (χ4v) is 2.69. The highest BCUT2D eigenvalue weighted by molar-refractivity contribution is 5.88. The highest BCUT2D eigenvalue weighted by atomic mass is 16.6. The summed E-state index contributed by atoms with van der Waals surface area (Å²) >= 11 is 0. The number of aromatic nitrogens is 1. The molecule has 0 bridgehead atoms. The first-order valence-corrected chi connectivity index (χ1v) is 8.13. The van der Waals surface area contributed by atoms with Crippen molar-refractivity contribution in [1.29, 1.82) is 0 Å². The molecule has 0 saturated carbocycles. The Bertz CT molecular complexity index is 765. The van der Waals surface area contributed by atoms with Gasteiger partial charge in [-0.2, -0.15) is 0 Å². The fourth-order valence-electron chi connectivity index (χ4n) is 2.69. The summed E-state index contributed by atoms with van der Waals surface area (Å²) in [4.78, 5) is 18.9. The number of nitrogens with one attached hydrogen (secondary N) is 1. The van der Waals surface area contributed by atoms with Crippen molar-refractivity contribution in [2.24, 2.45) is 0 Å². The number of hydrogen-bond donors (Lipinski definition) is 1. The minimum atomic E-state index is -0.533. The number of carbonyl (C=O) groups excluding carboxylic acids is 1. The molecule has 1 N–H and O–H groups in total. The summed E-state index contributed by atoms with van der Waals surface area (Å²) in [5.41, 5.74) is 3.79. The number of pyridine rings is 1. The molecule has 0 unspecified atom stereocenters. The molecule has 0 radical (unpaired) electrons. The number of carbonyl (C=O) groups is 1. The molecular formula is C19H23N3O2. The Morgan fingerprint density at radius 3 is 2.79 bits per heavy atom. The van der Waals surface area contributed by atoms with Crippen LogP contribution in [0.15, 0.2) is 36.4 Å². The lowest BCUT2D eigenvalue weighted by Gasteiger charge is -2.28. The second kappa shape index (κ2) is 6.15. The second-order valence-corrected chi connectivity index (χ2v) is 6.99. The van der Waals surface area contributed by atoms with E-state index in [1.54, 1.807) is 6.07 Å². The standard InChI is InChI=1S/C19H23N3O2/c1-19(2,3)24-18(23)15-7-5-6-14(21-15)13-8-9-17-16(12-13)20-10-11-22(17)4/h5-9,12,20H,10-11H2,1-4H3. The average Bonchev–Trinajstić information content (AvgIpc) is 2.53. The van der Waals surface area contributed by atoms with E-state index in [1.807, 2.05) is 39.0 Å². The molecule has 0 aliphatic carbocycles. The molecule has 5 nitrogen and oxygen atoms in total. The smallest absolute Gasteiger partial charge is 0.357 e. The van der Waals surface area contributed by atoms with Gasteiger partial charge in [0.2, 0.25) is 0 Å². The number of nitrogens with zero attached hydrogens (tertiary/aromatic N) is 2. The first-order valence-electron chi connectivity index (χ1n) is 8.13. The van der Waals surface area contributed by atoms with Gasteiger partial charge in [-0.15, -0.1) is 0 Å². The molecule has 2 aromatic rings. The molecule has 5 heteroatoms. The third-order valence-electron chi connectivity index (χ3n) is 3.82. The number of rotatable bonds is 2. The van der Waals surface area contributed by atoms with Crippen LogP contribution in [0.3, 0.4) is 0 Å². The van der Waals surface area contributed by atoms with Gasteiger partial charge in [0.1, 0.15) is 11.3 Å². The first kappa shape index (κ1) is 16.3. The van der Waals surface area contributed by atoms with Crippen LogP contribution >= 0.6 is 0 Å². The molecule has 126 valence electrons. The van der Waals surface area contributed by atoms with Crippen LogP contribution in [0.5, 0.6) is 0 Å². The summed E-state index contributed by atoms with van der Waals surface area (Å²) in [6.07, 6.45) is 0. The predicted octanol–water partition coefficient (Wildman–Crippen LogP) is 3.57. The van der Waals surface area contributed by atoms with Gasteiger partial charge in [-0.05, 0) is 45.0 Å². The zero-order valence-corrected chi connectivity index (χ0v) is 14.6. The van der Waals surface area contributed by atoms with Crippen LogP contribution in [0.2, 0.25) is 0 Å². The van der Waals surface area contributed by atoms with Gasteiger partial charge in [0, 0.05) is 25.7 Å². The van der Waals surface area contributed by atoms with E-state index in [1.165, 1.54) is 5.69 Å². The van der Waals surface area contributed by atoms with Crippen molar-refractivity contribution in [3.8, 4) is 11.3 Å². The molecule has 0 saturated heterocycles. The van der Waals surface area contributed by atoms with E-state index in [-0.39, 0.29) is 0 Å². The molecule has 24 heavy (non-hydrogen) atoms. The minimum absolute atomic E-state index is 0.324. The number of ether oxygens (including phenoxy) is 1. The van der Waals surface area contributed by atoms with E-state index >= 15 is 0 Å². The number of anilines is 2. The van der Waals surface area contributed by atoms with Gasteiger partial charge in [-0.1, -0.05) is 12.1 Å². The lowest BCUT2D eigenvalue weighted by atomic mass is 10.1. The summed E-state index contributed by atoms with van der Waals surface area (Å²) in [5.74, 6) is -0.403. The third-order valence-corrected chi connectivity index (χ3v) is 3.82. The van der Waals surface area contributed by atoms with Gasteiger partial charge < -0.3 is 15.0 Å². The average molecular weight is 325 g/mol. The van der Waals surface area contributed by atoms with E-state index < -0.39 is 11.6 Å². The molecule has 3 rings (SSSR count). The third kappa shape index (κ3) is 3.50. The fraction of sp³-hybridized carbons (Fsp3) is 0.368. The van der Waals surface area contributed by atoms with E-state index in [9.17, 15) is 4.79 Å². The van der Waals surface area contributed by atoms with E-state index in [0.717, 1.165) is 30.0 Å². The SMILES string of the molecule is CN1CCNc2cc(-c3cccc(C(=O)OC(C)(C)C)n3)ccc21. The second-order valence-electron chi connectivity index (χ2n) is 6.99. The molecule has 1 aliphatic rings. The van der Waals surface area contributed by atoms with Gasteiger partial charge in [-0.3, -0.25) is 0 Å². The summed E-state index contributed by atoms with van der Waals surface area (Å²) in [6, 6.07) is 11.6. The van der Waals surface area contributed by atoms with Crippen LogP contribution in [0.4, 0.5) is 11.4 Å². The van der Waals surface area contributed by atoms with E-state index in [2.05, 4.69) is 34.4 Å². The highest BCUT2D eigenvalue weighted by Gasteiger charge is 2.20. The Morgan fingerprint density at radius 2 is 2.04 bits per heavy atom. The molecule has 0 spiro atoms. The zero-order valence-electron chi connectivity index (χ0n) is 14.6. The number of fused-ring (bicyclic) bond motifs is 1. The van der Waals surface area contributed by atoms with Crippen molar-refractivity contribution in [3.05, 3.63) is 42.1 Å². The van der Waals surface area contributed by atoms with E-state index in [4.69, 9.17) is 4.74 Å². The lowest BCUT2D eigenvalue weighted by Crippen LogP contribution is -2.30. The van der Waals surface area contributed by atoms with Gasteiger partial charge >= 0.3 is 5.97 Å². The van der Waals surface area contributed by atoms with Gasteiger partial charge in [0.15, 0.2) is 0 Å². The maximum absolute atomic E-state index is 12.2. The highest BCUT2D eigenvalue weighted by Crippen LogP contribution is 2.32. The molecule has 0 atom stereocenters. The predicted molar refractivity (Wildman–Crippen MR) is 96.6 cm³/mol. The first-order chi connectivity index (χ1) is 11.3. The van der Waals surface area contributed by atoms with Crippen molar-refractivity contribution in [2.45, 2.75) is 26.4 Å². The molecule has 1 aromatic carbocycles. The van der Waals surface area contributed by atoms with E-state index in [0.29, 0.717) is 5.69 Å². The van der Waals surface area contributed by atoms with Crippen molar-refractivity contribution in [1.82, 2.24) is 4.98 Å². The van der Waals surface area contributed by atoms with Gasteiger partial charge in [0.25, 0.3) is 0 Å². The summed E-state index contributed by atoms with van der Waals surface area (Å²) in [6.45, 7) is 7.44. The van der Waals surface area contributed by atoms with Crippen LogP contribution in [0.25, 0.3) is 11.3 Å². The van der Waals surface area contributed by atoms with Gasteiger partial charge in [-0.25, -0.2) is 9.78 Å². The van der Waals surface area contributed by atoms with Crippen LogP contribution in [0, 0.1) is 0 Å². The van der Waals surface area contributed by atoms with Crippen molar-refractivity contribution >= 4 is 17.3 Å². The largest absolute Gasteiger partial charge is 0.455 e. The van der Waals surface area contributed by atoms with Crippen LogP contribution in [-0.4, -0.2) is 36.7 Å². The normalized spacial score (nSPS) is 13.9. The molecule has 1 aromatic heterocycles. The van der Waals surface area contributed by atoms with Crippen LogP contribution < -0.4 is 10.2 Å². The molecule has 2 heterocycles. The number of benzene rings is 1. The number of esters is 1. The topological polar surface area (TPSA) is 54.5 Å². The Kier molecular flexibility index (Phi) is 4.18. The summed E-state index contributed by atoms with van der Waals surface area (Å²) in [5, 5.41) is 3.41. The Balaban J connectivity index is 1.91. The Labute approximate surface area is 142 Å². The van der Waals surface area contributed by atoms with Crippen molar-refractivity contribution < 1.29 is 9.53 Å². The van der Waals surface area contributed by atoms with Crippen LogP contribution in [0.1, 0.15) is 31.3 Å². The summed E-state index contributed by atoms with van der Waals surface area (Å²) in [7, 11) is 2.08. The maximum atomic E-state index is 12.2. The minimum Gasteiger partial charge on any atom is -0.455 e. The van der Waals surface area contributed by atoms with Crippen molar-refractivity contribution in [3.63, 3.8) is 0 Å². The number of likely N-dealkylation sites (N-methyl/N-ethyl adjacent to an activating group) is 1. The van der Waals surface area contributed by atoms with Crippen LogP contribution in [-0.2, 0) is 4.74 Å². The Morgan fingerprint density at radius 1 is 1.25 bits per heavy atom. The lowest BCUT2D eigenvalue weighted by molar-refractivity contribution is 0.00630. The molecular weight excluding hydrogens is 302 g/mol. The van der Waals surface area contributed by atoms with Crippen molar-refractivity contribution in [2.75, 3.05) is 30.4 Å². The maximum Gasteiger partial charge on any atom is 0.357 e. The summed E-state index contributed by atoms with van der Waals surface area (Å²) < 4.78 is 5.40. The molecule has 0 amide bonds. The van der Waals surface area contributed by atoms with Gasteiger partial charge in [0.05, 0.1) is 17.1 Å². The number of hydrogen-bond acceptors (Lipinski definition) is 5. The quantitative estimate of drug-likeness (QED) is 0.856. The monoisotopic (exact) mass is 325 g/mol. The molecule has 1 aliphatic heterocycles. The zero-order chi connectivity index (χ0) is 17.3. The Hall–Kier alpha value is -2.56.